The summed E-state index contributed by atoms with van der Waals surface area (Å²) in [5.74, 6) is 0.437. The van der Waals surface area contributed by atoms with Crippen LogP contribution >= 0.6 is 0 Å². The number of pyridine rings is 2. The number of furan rings is 1. The molecule has 3 aromatic rings. The van der Waals surface area contributed by atoms with Crippen molar-refractivity contribution in [1.82, 2.24) is 9.97 Å². The summed E-state index contributed by atoms with van der Waals surface area (Å²) in [6.45, 7) is 6.90. The third-order valence-electron chi connectivity index (χ3n) is 5.67. The molecule has 1 unspecified atom stereocenters. The van der Waals surface area contributed by atoms with Crippen molar-refractivity contribution in [2.45, 2.75) is 49.3 Å². The summed E-state index contributed by atoms with van der Waals surface area (Å²) in [6.07, 6.45) is 3.77. The van der Waals surface area contributed by atoms with E-state index in [4.69, 9.17) is 14.9 Å². The number of anilines is 1. The minimum absolute atomic E-state index is 0.0949. The number of carbonyl (C=O) groups excluding carboxylic acids is 1. The molecule has 1 aliphatic rings. The summed E-state index contributed by atoms with van der Waals surface area (Å²) in [7, 11) is -4.19. The highest BCUT2D eigenvalue weighted by atomic mass is 32.2. The van der Waals surface area contributed by atoms with Crippen molar-refractivity contribution in [3.63, 3.8) is 0 Å². The predicted molar refractivity (Wildman–Crippen MR) is 121 cm³/mol. The number of sulfone groups is 1. The Morgan fingerprint density at radius 2 is 2.06 bits per heavy atom. The average molecular weight is 471 g/mol. The molecule has 0 aliphatic carbocycles. The standard InChI is InChI=1S/C23H26N4O5S/c1-15-12-23(2,3)27(13-15)22-20(21(24)28)17(9-10-25-22)33(29,30)19-8-4-7-18(26-19)32-14-16-6-5-11-31-16/h4-11,15H,12-14H2,1-3H3,(H2,24,28). The summed E-state index contributed by atoms with van der Waals surface area (Å²) in [4.78, 5) is 22.7. The fraction of sp³-hybridized carbons (Fsp3) is 0.348. The Bertz CT molecular complexity index is 1270. The fourth-order valence-electron chi connectivity index (χ4n) is 4.33. The molecule has 1 fully saturated rings. The van der Waals surface area contributed by atoms with Crippen molar-refractivity contribution in [2.24, 2.45) is 11.7 Å². The maximum atomic E-state index is 13.5. The predicted octanol–water partition coefficient (Wildman–Crippen LogP) is 3.21. The number of primary amides is 1. The van der Waals surface area contributed by atoms with Gasteiger partial charge in [0.15, 0.2) is 5.03 Å². The molecule has 33 heavy (non-hydrogen) atoms. The Morgan fingerprint density at radius 1 is 1.27 bits per heavy atom. The second-order valence-electron chi connectivity index (χ2n) is 8.79. The monoisotopic (exact) mass is 470 g/mol. The molecule has 0 radical (unpaired) electrons. The smallest absolute Gasteiger partial charge is 0.253 e. The van der Waals surface area contributed by atoms with Crippen molar-refractivity contribution in [3.8, 4) is 5.88 Å². The lowest BCUT2D eigenvalue weighted by molar-refractivity contribution is 0.0997. The molecule has 0 saturated carbocycles. The van der Waals surface area contributed by atoms with Crippen LogP contribution in [0.2, 0.25) is 0 Å². The number of carbonyl (C=O) groups is 1. The Morgan fingerprint density at radius 3 is 2.70 bits per heavy atom. The number of amides is 1. The van der Waals surface area contributed by atoms with Crippen molar-refractivity contribution in [2.75, 3.05) is 11.4 Å². The average Bonchev–Trinajstić information content (AvgIpc) is 3.38. The highest BCUT2D eigenvalue weighted by molar-refractivity contribution is 7.91. The Hall–Kier alpha value is -3.40. The van der Waals surface area contributed by atoms with Crippen LogP contribution < -0.4 is 15.4 Å². The van der Waals surface area contributed by atoms with E-state index in [2.05, 4.69) is 16.9 Å². The molecule has 1 aliphatic heterocycles. The summed E-state index contributed by atoms with van der Waals surface area (Å²) in [5, 5.41) is -0.256. The minimum atomic E-state index is -4.19. The highest BCUT2D eigenvalue weighted by Crippen LogP contribution is 2.39. The minimum Gasteiger partial charge on any atom is -0.469 e. The van der Waals surface area contributed by atoms with E-state index in [0.717, 1.165) is 6.42 Å². The van der Waals surface area contributed by atoms with Crippen molar-refractivity contribution < 1.29 is 22.4 Å². The number of nitrogens with two attached hydrogens (primary N) is 1. The molecular weight excluding hydrogens is 444 g/mol. The second-order valence-corrected chi connectivity index (χ2v) is 10.7. The lowest BCUT2D eigenvalue weighted by atomic mass is 9.97. The van der Waals surface area contributed by atoms with Crippen LogP contribution in [-0.4, -0.2) is 36.4 Å². The first-order valence-corrected chi connectivity index (χ1v) is 12.0. The largest absolute Gasteiger partial charge is 0.469 e. The van der Waals surface area contributed by atoms with Crippen molar-refractivity contribution in [1.29, 1.82) is 0 Å². The number of aromatic nitrogens is 2. The molecule has 4 heterocycles. The van der Waals surface area contributed by atoms with Crippen LogP contribution in [0.25, 0.3) is 0 Å². The van der Waals surface area contributed by atoms with Gasteiger partial charge < -0.3 is 19.8 Å². The van der Waals surface area contributed by atoms with Crippen LogP contribution in [0.15, 0.2) is 63.2 Å². The Balaban J connectivity index is 1.74. The summed E-state index contributed by atoms with van der Waals surface area (Å²) >= 11 is 0. The molecule has 0 bridgehead atoms. The fourth-order valence-corrected chi connectivity index (χ4v) is 5.73. The van der Waals surface area contributed by atoms with E-state index in [-0.39, 0.29) is 39.3 Å². The molecule has 0 aromatic carbocycles. The molecule has 1 saturated heterocycles. The number of ether oxygens (including phenoxy) is 1. The summed E-state index contributed by atoms with van der Waals surface area (Å²) < 4.78 is 37.9. The van der Waals surface area contributed by atoms with Crippen LogP contribution in [0.5, 0.6) is 5.88 Å². The quantitative estimate of drug-likeness (QED) is 0.557. The van der Waals surface area contributed by atoms with E-state index in [0.29, 0.717) is 18.2 Å². The van der Waals surface area contributed by atoms with Gasteiger partial charge in [-0.15, -0.1) is 0 Å². The van der Waals surface area contributed by atoms with Gasteiger partial charge in [-0.05, 0) is 50.5 Å². The lowest BCUT2D eigenvalue weighted by Gasteiger charge is -2.33. The first-order valence-electron chi connectivity index (χ1n) is 10.5. The van der Waals surface area contributed by atoms with Crippen LogP contribution in [0.3, 0.4) is 0 Å². The van der Waals surface area contributed by atoms with Gasteiger partial charge in [-0.3, -0.25) is 4.79 Å². The SMILES string of the molecule is CC1CN(c2nccc(S(=O)(=O)c3cccc(OCc4ccco4)n3)c2C(N)=O)C(C)(C)C1. The summed E-state index contributed by atoms with van der Waals surface area (Å²) in [5.41, 5.74) is 5.24. The summed E-state index contributed by atoms with van der Waals surface area (Å²) in [6, 6.07) is 9.16. The molecule has 2 N–H and O–H groups in total. The first-order chi connectivity index (χ1) is 15.6. The van der Waals surface area contributed by atoms with Gasteiger partial charge in [-0.2, -0.15) is 0 Å². The molecular formula is C23H26N4O5S. The zero-order valence-electron chi connectivity index (χ0n) is 18.7. The molecule has 1 atom stereocenters. The van der Waals surface area contributed by atoms with E-state index in [1.807, 2.05) is 18.7 Å². The molecule has 0 spiro atoms. The van der Waals surface area contributed by atoms with Gasteiger partial charge >= 0.3 is 0 Å². The Labute approximate surface area is 192 Å². The van der Waals surface area contributed by atoms with E-state index < -0.39 is 15.7 Å². The number of rotatable bonds is 7. The van der Waals surface area contributed by atoms with Gasteiger partial charge in [-0.25, -0.2) is 18.4 Å². The van der Waals surface area contributed by atoms with Gasteiger partial charge in [0, 0.05) is 24.3 Å². The van der Waals surface area contributed by atoms with E-state index in [1.54, 1.807) is 18.2 Å². The molecule has 3 aromatic heterocycles. The maximum absolute atomic E-state index is 13.5. The van der Waals surface area contributed by atoms with E-state index >= 15 is 0 Å². The van der Waals surface area contributed by atoms with Crippen molar-refractivity contribution >= 4 is 21.6 Å². The molecule has 174 valence electrons. The van der Waals surface area contributed by atoms with Gasteiger partial charge in [0.25, 0.3) is 5.91 Å². The Kier molecular flexibility index (Phi) is 5.87. The molecule has 9 nitrogen and oxygen atoms in total. The van der Waals surface area contributed by atoms with Crippen LogP contribution in [0, 0.1) is 5.92 Å². The highest BCUT2D eigenvalue weighted by Gasteiger charge is 2.40. The number of hydrogen-bond acceptors (Lipinski definition) is 8. The second kappa shape index (κ2) is 8.51. The van der Waals surface area contributed by atoms with Gasteiger partial charge in [-0.1, -0.05) is 13.0 Å². The first kappa shape index (κ1) is 22.8. The third kappa shape index (κ3) is 4.43. The normalized spacial score (nSPS) is 17.8. The topological polar surface area (TPSA) is 129 Å². The zero-order chi connectivity index (χ0) is 23.8. The van der Waals surface area contributed by atoms with Gasteiger partial charge in [0.1, 0.15) is 23.7 Å². The zero-order valence-corrected chi connectivity index (χ0v) is 19.5. The van der Waals surface area contributed by atoms with Crippen LogP contribution in [-0.2, 0) is 16.4 Å². The number of nitrogens with zero attached hydrogens (tertiary/aromatic N) is 3. The van der Waals surface area contributed by atoms with Crippen LogP contribution in [0.1, 0.15) is 43.3 Å². The van der Waals surface area contributed by atoms with Gasteiger partial charge in [0.2, 0.25) is 15.7 Å². The molecule has 10 heteroatoms. The van der Waals surface area contributed by atoms with E-state index in [9.17, 15) is 13.2 Å². The molecule has 1 amide bonds. The van der Waals surface area contributed by atoms with Gasteiger partial charge in [0.05, 0.1) is 11.2 Å². The lowest BCUT2D eigenvalue weighted by Crippen LogP contribution is -2.40. The maximum Gasteiger partial charge on any atom is 0.253 e. The number of hydrogen-bond donors (Lipinski definition) is 1. The van der Waals surface area contributed by atoms with E-state index in [1.165, 1.54) is 30.7 Å². The molecule has 4 rings (SSSR count). The third-order valence-corrected chi connectivity index (χ3v) is 7.37. The van der Waals surface area contributed by atoms with Crippen LogP contribution in [0.4, 0.5) is 5.82 Å². The van der Waals surface area contributed by atoms with Crippen molar-refractivity contribution in [3.05, 3.63) is 60.2 Å².